The summed E-state index contributed by atoms with van der Waals surface area (Å²) in [5, 5.41) is 10.9. The zero-order valence-corrected chi connectivity index (χ0v) is 15.7. The fourth-order valence-electron chi connectivity index (χ4n) is 2.65. The van der Waals surface area contributed by atoms with Crippen molar-refractivity contribution in [1.82, 2.24) is 5.06 Å². The zero-order chi connectivity index (χ0) is 18.8. The van der Waals surface area contributed by atoms with E-state index in [0.29, 0.717) is 4.91 Å². The molecule has 0 saturated carbocycles. The Labute approximate surface area is 151 Å². The van der Waals surface area contributed by atoms with Gasteiger partial charge in [0.1, 0.15) is 23.1 Å². The lowest BCUT2D eigenvalue weighted by molar-refractivity contribution is -0.277. The smallest absolute Gasteiger partial charge is 0.303 e. The Bertz CT molecular complexity index is 646. The van der Waals surface area contributed by atoms with Crippen LogP contribution in [0.5, 0.6) is 0 Å². The first kappa shape index (κ1) is 19.3. The minimum atomic E-state index is -0.721. The van der Waals surface area contributed by atoms with Gasteiger partial charge in [-0.25, -0.2) is 5.06 Å². The molecule has 3 aliphatic rings. The molecule has 1 aliphatic carbocycles. The standard InChI is InChI=1S/C17H22N2O5S/c1-10(20)22-15-13-6-7-14(16(15)23-11(2)21)24-19(13)9-12(8-18)25-17(3,4)5/h6-7,9,13-16H,1-5H3/b12-9-/t13-,14+,15+,16-/m1/s1. The van der Waals surface area contributed by atoms with E-state index in [0.717, 1.165) is 0 Å². The lowest BCUT2D eigenvalue weighted by Crippen LogP contribution is -2.62. The number of carbonyl (C=O) groups is 2. The topological polar surface area (TPSA) is 88.9 Å². The number of hydrogen-bond acceptors (Lipinski definition) is 8. The molecule has 0 aromatic heterocycles. The van der Waals surface area contributed by atoms with Gasteiger partial charge in [-0.05, 0) is 0 Å². The molecule has 2 heterocycles. The maximum absolute atomic E-state index is 11.5. The Morgan fingerprint density at radius 1 is 1.20 bits per heavy atom. The monoisotopic (exact) mass is 366 g/mol. The molecule has 0 N–H and O–H groups in total. The van der Waals surface area contributed by atoms with Gasteiger partial charge in [-0.3, -0.25) is 14.4 Å². The van der Waals surface area contributed by atoms with E-state index in [-0.39, 0.29) is 4.75 Å². The molecular weight excluding hydrogens is 344 g/mol. The molecule has 1 fully saturated rings. The Balaban J connectivity index is 2.27. The van der Waals surface area contributed by atoms with Gasteiger partial charge in [-0.15, -0.1) is 11.8 Å². The van der Waals surface area contributed by atoms with Crippen molar-refractivity contribution < 1.29 is 23.9 Å². The minimum Gasteiger partial charge on any atom is -0.456 e. The second-order valence-corrected chi connectivity index (χ2v) is 8.64. The minimum absolute atomic E-state index is 0.137. The van der Waals surface area contributed by atoms with Gasteiger partial charge in [-0.1, -0.05) is 32.9 Å². The SMILES string of the molecule is CC(=O)O[C@@H]1[C@H](OC(C)=O)[C@@H]2C=C[C@H]1N(/C=C(/C#N)SC(C)(C)C)O2. The summed E-state index contributed by atoms with van der Waals surface area (Å²) in [6, 6.07) is 1.67. The summed E-state index contributed by atoms with van der Waals surface area (Å²) in [6.45, 7) is 8.61. The van der Waals surface area contributed by atoms with Gasteiger partial charge in [-0.2, -0.15) is 5.26 Å². The fraction of sp³-hybridized carbons (Fsp3) is 0.588. The van der Waals surface area contributed by atoms with Crippen molar-refractivity contribution in [1.29, 1.82) is 5.26 Å². The molecule has 0 radical (unpaired) electrons. The quantitative estimate of drug-likeness (QED) is 0.425. The molecule has 25 heavy (non-hydrogen) atoms. The molecule has 0 spiro atoms. The number of hydroxylamine groups is 2. The maximum Gasteiger partial charge on any atom is 0.303 e. The summed E-state index contributed by atoms with van der Waals surface area (Å²) in [5.74, 6) is -0.952. The van der Waals surface area contributed by atoms with E-state index in [4.69, 9.17) is 14.3 Å². The number of rotatable bonds is 4. The number of hydrogen-bond donors (Lipinski definition) is 0. The molecule has 0 amide bonds. The molecule has 7 nitrogen and oxygen atoms in total. The highest BCUT2D eigenvalue weighted by atomic mass is 32.2. The number of nitrogens with zero attached hydrogens (tertiary/aromatic N) is 2. The number of fused-ring (bicyclic) bond motifs is 2. The van der Waals surface area contributed by atoms with Gasteiger partial charge in [0.05, 0.1) is 6.20 Å². The number of nitriles is 1. The highest BCUT2D eigenvalue weighted by Crippen LogP contribution is 2.36. The van der Waals surface area contributed by atoms with Gasteiger partial charge in [0.25, 0.3) is 0 Å². The van der Waals surface area contributed by atoms with E-state index in [2.05, 4.69) is 6.07 Å². The Morgan fingerprint density at radius 2 is 1.80 bits per heavy atom. The maximum atomic E-state index is 11.5. The van der Waals surface area contributed by atoms with E-state index in [9.17, 15) is 14.9 Å². The van der Waals surface area contributed by atoms with E-state index in [1.165, 1.54) is 30.7 Å². The lowest BCUT2D eigenvalue weighted by atomic mass is 9.91. The van der Waals surface area contributed by atoms with E-state index >= 15 is 0 Å². The third kappa shape index (κ3) is 5.00. The van der Waals surface area contributed by atoms with Crippen LogP contribution < -0.4 is 0 Å². The van der Waals surface area contributed by atoms with Crippen molar-refractivity contribution in [3.8, 4) is 6.07 Å². The van der Waals surface area contributed by atoms with Crippen LogP contribution in [0, 0.1) is 11.3 Å². The van der Waals surface area contributed by atoms with Crippen molar-refractivity contribution in [2.75, 3.05) is 0 Å². The van der Waals surface area contributed by atoms with E-state index in [1.807, 2.05) is 26.8 Å². The largest absolute Gasteiger partial charge is 0.456 e. The van der Waals surface area contributed by atoms with E-state index in [1.54, 1.807) is 12.3 Å². The highest BCUT2D eigenvalue weighted by Gasteiger charge is 2.50. The molecule has 136 valence electrons. The van der Waals surface area contributed by atoms with Crippen molar-refractivity contribution in [2.24, 2.45) is 0 Å². The molecule has 0 unspecified atom stereocenters. The number of carbonyl (C=O) groups excluding carboxylic acids is 2. The molecule has 0 aromatic rings. The van der Waals surface area contributed by atoms with Crippen molar-refractivity contribution in [2.45, 2.75) is 63.7 Å². The number of allylic oxidation sites excluding steroid dienone is 1. The summed E-state index contributed by atoms with van der Waals surface area (Å²) in [4.78, 5) is 29.1. The van der Waals surface area contributed by atoms with Crippen LogP contribution in [0.1, 0.15) is 34.6 Å². The molecule has 1 saturated heterocycles. The molecule has 3 rings (SSSR count). The second kappa shape index (κ2) is 7.50. The summed E-state index contributed by atoms with van der Waals surface area (Å²) in [6.07, 6.45) is 3.18. The van der Waals surface area contributed by atoms with E-state index < -0.39 is 36.3 Å². The average Bonchev–Trinajstić information content (AvgIpc) is 2.47. The van der Waals surface area contributed by atoms with Gasteiger partial charge in [0.15, 0.2) is 12.2 Å². The molecule has 2 aliphatic heterocycles. The predicted octanol–water partition coefficient (Wildman–Crippen LogP) is 2.30. The highest BCUT2D eigenvalue weighted by molar-refractivity contribution is 8.04. The van der Waals surface area contributed by atoms with Crippen LogP contribution in [0.25, 0.3) is 0 Å². The molecule has 2 bridgehead atoms. The van der Waals surface area contributed by atoms with Crippen LogP contribution >= 0.6 is 11.8 Å². The molecule has 0 aromatic carbocycles. The average molecular weight is 366 g/mol. The summed E-state index contributed by atoms with van der Waals surface area (Å²) < 4.78 is 10.5. The first-order valence-corrected chi connectivity index (χ1v) is 8.71. The number of esters is 2. The normalized spacial score (nSPS) is 28.5. The first-order valence-electron chi connectivity index (χ1n) is 7.89. The molecular formula is C17H22N2O5S. The van der Waals surface area contributed by atoms with Gasteiger partial charge < -0.3 is 9.47 Å². The van der Waals surface area contributed by atoms with Gasteiger partial charge in [0.2, 0.25) is 0 Å². The molecule has 4 atom stereocenters. The lowest BCUT2D eigenvalue weighted by Gasteiger charge is -2.47. The van der Waals surface area contributed by atoms with Crippen molar-refractivity contribution in [3.05, 3.63) is 23.3 Å². The van der Waals surface area contributed by atoms with Crippen LogP contribution in [0.2, 0.25) is 0 Å². The van der Waals surface area contributed by atoms with Crippen LogP contribution in [-0.4, -0.2) is 46.1 Å². The summed E-state index contributed by atoms with van der Waals surface area (Å²) >= 11 is 1.41. The Morgan fingerprint density at radius 3 is 2.32 bits per heavy atom. The summed E-state index contributed by atoms with van der Waals surface area (Å²) in [7, 11) is 0. The van der Waals surface area contributed by atoms with Gasteiger partial charge >= 0.3 is 11.9 Å². The van der Waals surface area contributed by atoms with Crippen LogP contribution in [0.15, 0.2) is 23.3 Å². The third-order valence-corrected chi connectivity index (χ3v) is 4.42. The first-order chi connectivity index (χ1) is 11.6. The van der Waals surface area contributed by atoms with Crippen molar-refractivity contribution in [3.63, 3.8) is 0 Å². The van der Waals surface area contributed by atoms with Crippen LogP contribution in [-0.2, 0) is 23.9 Å². The summed E-state index contributed by atoms with van der Waals surface area (Å²) in [5.41, 5.74) is 0. The van der Waals surface area contributed by atoms with Gasteiger partial charge in [0, 0.05) is 18.6 Å². The Kier molecular flexibility index (Phi) is 5.80. The number of ether oxygens (including phenoxy) is 2. The van der Waals surface area contributed by atoms with Crippen LogP contribution in [0.3, 0.4) is 0 Å². The van der Waals surface area contributed by atoms with Crippen LogP contribution in [0.4, 0.5) is 0 Å². The third-order valence-electron chi connectivity index (χ3n) is 3.39. The zero-order valence-electron chi connectivity index (χ0n) is 14.9. The fourth-order valence-corrected chi connectivity index (χ4v) is 3.52. The Hall–Kier alpha value is -1.98. The predicted molar refractivity (Wildman–Crippen MR) is 91.8 cm³/mol. The second-order valence-electron chi connectivity index (χ2n) is 6.77. The van der Waals surface area contributed by atoms with Crippen molar-refractivity contribution >= 4 is 23.7 Å². The molecule has 8 heteroatoms. The number of thioether (sulfide) groups is 1.